The molecule has 0 radical (unpaired) electrons. The fourth-order valence-electron chi connectivity index (χ4n) is 2.56. The SMILES string of the molecule is Cn1ccc(CNCC2CCOc3ccccc32)n1. The second-order valence-corrected chi connectivity index (χ2v) is 4.98. The molecule has 0 fully saturated rings. The maximum Gasteiger partial charge on any atom is 0.122 e. The minimum Gasteiger partial charge on any atom is -0.493 e. The standard InChI is InChI=1S/C15H19N3O/c1-18-8-6-13(17-18)11-16-10-12-7-9-19-15-5-3-2-4-14(12)15/h2-6,8,12,16H,7,9-11H2,1H3. The molecule has 4 heteroatoms. The van der Waals surface area contributed by atoms with Gasteiger partial charge < -0.3 is 10.1 Å². The summed E-state index contributed by atoms with van der Waals surface area (Å²) in [6.45, 7) is 2.60. The van der Waals surface area contributed by atoms with Crippen LogP contribution in [0.15, 0.2) is 36.5 Å². The first-order valence-corrected chi connectivity index (χ1v) is 6.74. The normalized spacial score (nSPS) is 17.8. The number of nitrogens with one attached hydrogen (secondary N) is 1. The van der Waals surface area contributed by atoms with Crippen molar-refractivity contribution in [1.29, 1.82) is 0 Å². The van der Waals surface area contributed by atoms with Crippen molar-refractivity contribution in [2.75, 3.05) is 13.2 Å². The Morgan fingerprint density at radius 3 is 3.11 bits per heavy atom. The summed E-state index contributed by atoms with van der Waals surface area (Å²) >= 11 is 0. The van der Waals surface area contributed by atoms with Gasteiger partial charge in [-0.1, -0.05) is 18.2 Å². The molecule has 19 heavy (non-hydrogen) atoms. The van der Waals surface area contributed by atoms with E-state index in [0.717, 1.165) is 37.6 Å². The molecule has 0 saturated carbocycles. The quantitative estimate of drug-likeness (QED) is 0.911. The summed E-state index contributed by atoms with van der Waals surface area (Å²) < 4.78 is 7.51. The third-order valence-electron chi connectivity index (χ3n) is 3.55. The van der Waals surface area contributed by atoms with Crippen LogP contribution in [0.3, 0.4) is 0 Å². The number of aryl methyl sites for hydroxylation is 1. The summed E-state index contributed by atoms with van der Waals surface area (Å²) in [6, 6.07) is 10.4. The second kappa shape index (κ2) is 5.45. The zero-order chi connectivity index (χ0) is 13.1. The van der Waals surface area contributed by atoms with Crippen LogP contribution in [0, 0.1) is 0 Å². The summed E-state index contributed by atoms with van der Waals surface area (Å²) in [7, 11) is 1.94. The zero-order valence-corrected chi connectivity index (χ0v) is 11.2. The molecule has 1 aromatic heterocycles. The molecule has 1 atom stereocenters. The highest BCUT2D eigenvalue weighted by Gasteiger charge is 2.20. The van der Waals surface area contributed by atoms with Crippen molar-refractivity contribution in [3.63, 3.8) is 0 Å². The van der Waals surface area contributed by atoms with Crippen LogP contribution >= 0.6 is 0 Å². The van der Waals surface area contributed by atoms with Crippen LogP contribution in [0.2, 0.25) is 0 Å². The van der Waals surface area contributed by atoms with Crippen molar-refractivity contribution in [2.24, 2.45) is 7.05 Å². The third-order valence-corrected chi connectivity index (χ3v) is 3.55. The molecule has 4 nitrogen and oxygen atoms in total. The van der Waals surface area contributed by atoms with Crippen molar-refractivity contribution < 1.29 is 4.74 Å². The van der Waals surface area contributed by atoms with Gasteiger partial charge in [-0.05, 0) is 24.1 Å². The van der Waals surface area contributed by atoms with Crippen molar-refractivity contribution in [2.45, 2.75) is 18.9 Å². The Bertz CT molecular complexity index is 550. The van der Waals surface area contributed by atoms with E-state index in [-0.39, 0.29) is 0 Å². The van der Waals surface area contributed by atoms with E-state index in [1.165, 1.54) is 5.56 Å². The molecular weight excluding hydrogens is 238 g/mol. The average molecular weight is 257 g/mol. The maximum absolute atomic E-state index is 5.68. The molecule has 0 amide bonds. The molecule has 0 spiro atoms. The van der Waals surface area contributed by atoms with Crippen molar-refractivity contribution in [3.05, 3.63) is 47.8 Å². The number of hydrogen-bond acceptors (Lipinski definition) is 3. The Labute approximate surface area is 113 Å². The summed E-state index contributed by atoms with van der Waals surface area (Å²) in [5, 5.41) is 7.86. The van der Waals surface area contributed by atoms with Gasteiger partial charge in [0.2, 0.25) is 0 Å². The van der Waals surface area contributed by atoms with E-state index < -0.39 is 0 Å². The molecule has 1 aliphatic rings. The van der Waals surface area contributed by atoms with Gasteiger partial charge in [0.05, 0.1) is 12.3 Å². The van der Waals surface area contributed by atoms with E-state index in [2.05, 4.69) is 28.6 Å². The number of rotatable bonds is 4. The van der Waals surface area contributed by atoms with Gasteiger partial charge in [0.25, 0.3) is 0 Å². The Kier molecular flexibility index (Phi) is 3.51. The van der Waals surface area contributed by atoms with Gasteiger partial charge in [-0.15, -0.1) is 0 Å². The number of hydrogen-bond donors (Lipinski definition) is 1. The van der Waals surface area contributed by atoms with Crippen LogP contribution in [-0.4, -0.2) is 22.9 Å². The van der Waals surface area contributed by atoms with E-state index in [4.69, 9.17) is 4.74 Å². The first-order valence-electron chi connectivity index (χ1n) is 6.74. The molecule has 1 aromatic carbocycles. The number of nitrogens with zero attached hydrogens (tertiary/aromatic N) is 2. The third kappa shape index (κ3) is 2.79. The summed E-state index contributed by atoms with van der Waals surface area (Å²) in [5.41, 5.74) is 2.41. The largest absolute Gasteiger partial charge is 0.493 e. The smallest absolute Gasteiger partial charge is 0.122 e. The lowest BCUT2D eigenvalue weighted by Crippen LogP contribution is -2.25. The van der Waals surface area contributed by atoms with E-state index in [1.807, 2.05) is 30.1 Å². The molecule has 0 aliphatic carbocycles. The molecule has 3 rings (SSSR count). The first kappa shape index (κ1) is 12.2. The predicted molar refractivity (Wildman–Crippen MR) is 74.2 cm³/mol. The molecule has 2 heterocycles. The lowest BCUT2D eigenvalue weighted by Gasteiger charge is -2.26. The molecule has 1 aliphatic heterocycles. The second-order valence-electron chi connectivity index (χ2n) is 4.98. The highest BCUT2D eigenvalue weighted by atomic mass is 16.5. The van der Waals surface area contributed by atoms with Crippen LogP contribution in [0.25, 0.3) is 0 Å². The Morgan fingerprint density at radius 2 is 2.26 bits per heavy atom. The fraction of sp³-hybridized carbons (Fsp3) is 0.400. The van der Waals surface area contributed by atoms with Gasteiger partial charge in [-0.2, -0.15) is 5.10 Å². The lowest BCUT2D eigenvalue weighted by atomic mass is 9.93. The van der Waals surface area contributed by atoms with E-state index in [9.17, 15) is 0 Å². The van der Waals surface area contributed by atoms with Crippen LogP contribution < -0.4 is 10.1 Å². The highest BCUT2D eigenvalue weighted by molar-refractivity contribution is 5.37. The fourth-order valence-corrected chi connectivity index (χ4v) is 2.56. The van der Waals surface area contributed by atoms with Gasteiger partial charge in [-0.3, -0.25) is 4.68 Å². The van der Waals surface area contributed by atoms with E-state index >= 15 is 0 Å². The minimum atomic E-state index is 0.536. The average Bonchev–Trinajstić information content (AvgIpc) is 2.85. The number of fused-ring (bicyclic) bond motifs is 1. The molecule has 0 bridgehead atoms. The van der Waals surface area contributed by atoms with Crippen LogP contribution in [0.1, 0.15) is 23.6 Å². The Hall–Kier alpha value is -1.81. The zero-order valence-electron chi connectivity index (χ0n) is 11.2. The first-order chi connectivity index (χ1) is 9.33. The summed E-state index contributed by atoms with van der Waals surface area (Å²) in [4.78, 5) is 0. The number of para-hydroxylation sites is 1. The Balaban J connectivity index is 1.59. The lowest BCUT2D eigenvalue weighted by molar-refractivity contribution is 0.264. The summed E-state index contributed by atoms with van der Waals surface area (Å²) in [6.07, 6.45) is 3.05. The van der Waals surface area contributed by atoms with Gasteiger partial charge in [0, 0.05) is 32.3 Å². The van der Waals surface area contributed by atoms with E-state index in [0.29, 0.717) is 5.92 Å². The number of benzene rings is 1. The minimum absolute atomic E-state index is 0.536. The molecule has 100 valence electrons. The number of ether oxygens (including phenoxy) is 1. The topological polar surface area (TPSA) is 39.1 Å². The van der Waals surface area contributed by atoms with Crippen molar-refractivity contribution >= 4 is 0 Å². The molecule has 2 aromatic rings. The van der Waals surface area contributed by atoms with Crippen molar-refractivity contribution in [3.8, 4) is 5.75 Å². The molecule has 1 N–H and O–H groups in total. The molecule has 1 unspecified atom stereocenters. The highest BCUT2D eigenvalue weighted by Crippen LogP contribution is 2.32. The molecular formula is C15H19N3O. The Morgan fingerprint density at radius 1 is 1.37 bits per heavy atom. The number of aromatic nitrogens is 2. The van der Waals surface area contributed by atoms with Crippen molar-refractivity contribution in [1.82, 2.24) is 15.1 Å². The van der Waals surface area contributed by atoms with Gasteiger partial charge >= 0.3 is 0 Å². The van der Waals surface area contributed by atoms with Gasteiger partial charge in [-0.25, -0.2) is 0 Å². The summed E-state index contributed by atoms with van der Waals surface area (Å²) in [5.74, 6) is 1.58. The van der Waals surface area contributed by atoms with E-state index in [1.54, 1.807) is 0 Å². The predicted octanol–water partition coefficient (Wildman–Crippen LogP) is 2.08. The van der Waals surface area contributed by atoms with Gasteiger partial charge in [0.15, 0.2) is 0 Å². The maximum atomic E-state index is 5.68. The van der Waals surface area contributed by atoms with Crippen LogP contribution in [-0.2, 0) is 13.6 Å². The van der Waals surface area contributed by atoms with Crippen LogP contribution in [0.5, 0.6) is 5.75 Å². The molecule has 0 saturated heterocycles. The van der Waals surface area contributed by atoms with Crippen LogP contribution in [0.4, 0.5) is 0 Å². The van der Waals surface area contributed by atoms with Gasteiger partial charge in [0.1, 0.15) is 5.75 Å². The monoisotopic (exact) mass is 257 g/mol.